The number of nitrogens with two attached hydrogens (primary N) is 2. The molecule has 0 spiro atoms. The van der Waals surface area contributed by atoms with Crippen molar-refractivity contribution < 1.29 is 4.74 Å². The molecule has 1 aromatic carbocycles. The summed E-state index contributed by atoms with van der Waals surface area (Å²) in [6.45, 7) is 0.569. The lowest BCUT2D eigenvalue weighted by molar-refractivity contribution is 0.410. The summed E-state index contributed by atoms with van der Waals surface area (Å²) in [4.78, 5) is 15.9. The SMILES string of the molecule is COc1ccccc1CNc1nc(Br)cnc1N.Nc1ncc(Br)nc1Br. The number of benzene rings is 1. The average molecular weight is 562 g/mol. The fourth-order valence-corrected chi connectivity index (χ4v) is 2.98. The highest BCUT2D eigenvalue weighted by Gasteiger charge is 2.05. The molecule has 3 rings (SSSR count). The number of hydrogen-bond donors (Lipinski definition) is 3. The van der Waals surface area contributed by atoms with E-state index in [4.69, 9.17) is 16.2 Å². The number of nitrogens with one attached hydrogen (secondary N) is 1. The topological polar surface area (TPSA) is 125 Å². The molecule has 27 heavy (non-hydrogen) atoms. The van der Waals surface area contributed by atoms with Gasteiger partial charge in [0.1, 0.15) is 19.6 Å². The third kappa shape index (κ3) is 6.60. The van der Waals surface area contributed by atoms with Gasteiger partial charge in [-0.15, -0.1) is 0 Å². The van der Waals surface area contributed by atoms with Gasteiger partial charge in [-0.05, 0) is 53.9 Å². The van der Waals surface area contributed by atoms with Crippen LogP contribution in [0, 0.1) is 0 Å². The maximum Gasteiger partial charge on any atom is 0.170 e. The summed E-state index contributed by atoms with van der Waals surface area (Å²) in [6.07, 6.45) is 3.10. The first-order valence-electron chi connectivity index (χ1n) is 7.48. The van der Waals surface area contributed by atoms with Crippen molar-refractivity contribution in [3.8, 4) is 5.75 Å². The number of nitrogen functional groups attached to an aromatic ring is 2. The standard InChI is InChI=1S/C12H13BrN4O.C4H3Br2N3/c1-18-9-5-3-2-4-8(9)6-16-12-11(14)15-7-10(13)17-12;5-2-1-8-4(7)3(6)9-2/h2-5,7H,6H2,1H3,(H2,14,15)(H,16,17);1H,(H2,7,8). The number of methoxy groups -OCH3 is 1. The monoisotopic (exact) mass is 559 g/mol. The molecule has 0 saturated heterocycles. The minimum absolute atomic E-state index is 0.369. The van der Waals surface area contributed by atoms with Gasteiger partial charge in [-0.2, -0.15) is 0 Å². The third-order valence-electron chi connectivity index (χ3n) is 3.14. The van der Waals surface area contributed by atoms with E-state index in [9.17, 15) is 0 Å². The van der Waals surface area contributed by atoms with Crippen LogP contribution in [0.25, 0.3) is 0 Å². The third-order valence-corrected chi connectivity index (χ3v) is 4.48. The first-order chi connectivity index (χ1) is 12.9. The maximum atomic E-state index is 5.74. The van der Waals surface area contributed by atoms with E-state index in [-0.39, 0.29) is 0 Å². The number of anilines is 3. The van der Waals surface area contributed by atoms with Gasteiger partial charge in [-0.1, -0.05) is 18.2 Å². The van der Waals surface area contributed by atoms with Crippen molar-refractivity contribution in [1.82, 2.24) is 19.9 Å². The number of aromatic nitrogens is 4. The Labute approximate surface area is 181 Å². The Kier molecular flexibility index (Phi) is 8.20. The molecule has 8 nitrogen and oxygen atoms in total. The fraction of sp³-hybridized carbons (Fsp3) is 0.125. The smallest absolute Gasteiger partial charge is 0.170 e. The summed E-state index contributed by atoms with van der Waals surface area (Å²) in [5.41, 5.74) is 12.1. The minimum atomic E-state index is 0.369. The molecule has 0 atom stereocenters. The van der Waals surface area contributed by atoms with Crippen molar-refractivity contribution in [3.05, 3.63) is 56.0 Å². The lowest BCUT2D eigenvalue weighted by Crippen LogP contribution is -2.07. The van der Waals surface area contributed by atoms with E-state index < -0.39 is 0 Å². The van der Waals surface area contributed by atoms with Crippen molar-refractivity contribution in [2.45, 2.75) is 6.54 Å². The summed E-state index contributed by atoms with van der Waals surface area (Å²) in [5.74, 6) is 2.15. The first-order valence-corrected chi connectivity index (χ1v) is 9.86. The van der Waals surface area contributed by atoms with Gasteiger partial charge in [0.2, 0.25) is 0 Å². The number of ether oxygens (including phenoxy) is 1. The number of para-hydroxylation sites is 1. The van der Waals surface area contributed by atoms with Crippen molar-refractivity contribution in [2.24, 2.45) is 0 Å². The van der Waals surface area contributed by atoms with Crippen LogP contribution < -0.4 is 21.5 Å². The van der Waals surface area contributed by atoms with E-state index in [2.05, 4.69) is 73.0 Å². The van der Waals surface area contributed by atoms with Gasteiger partial charge in [0.15, 0.2) is 17.5 Å². The highest BCUT2D eigenvalue weighted by Crippen LogP contribution is 2.21. The molecule has 5 N–H and O–H groups in total. The zero-order chi connectivity index (χ0) is 19.8. The van der Waals surface area contributed by atoms with E-state index >= 15 is 0 Å². The molecule has 0 fully saturated rings. The Morgan fingerprint density at radius 1 is 0.963 bits per heavy atom. The van der Waals surface area contributed by atoms with Crippen LogP contribution in [0.5, 0.6) is 5.75 Å². The molecule has 0 aliphatic carbocycles. The molecule has 0 aliphatic heterocycles. The van der Waals surface area contributed by atoms with Crippen LogP contribution in [0.15, 0.2) is 50.5 Å². The van der Waals surface area contributed by atoms with Gasteiger partial charge in [0.05, 0.1) is 19.5 Å². The summed E-state index contributed by atoms with van der Waals surface area (Å²) in [7, 11) is 1.64. The molecule has 0 saturated carbocycles. The second kappa shape index (κ2) is 10.4. The van der Waals surface area contributed by atoms with E-state index in [1.165, 1.54) is 0 Å². The molecule has 0 amide bonds. The number of rotatable bonds is 4. The van der Waals surface area contributed by atoms with Crippen molar-refractivity contribution in [1.29, 1.82) is 0 Å². The van der Waals surface area contributed by atoms with Crippen LogP contribution in [-0.4, -0.2) is 27.0 Å². The Morgan fingerprint density at radius 3 is 2.22 bits per heavy atom. The van der Waals surface area contributed by atoms with Gasteiger partial charge in [0, 0.05) is 12.1 Å². The summed E-state index contributed by atoms with van der Waals surface area (Å²) >= 11 is 9.51. The molecule has 3 aromatic rings. The van der Waals surface area contributed by atoms with Crippen LogP contribution in [-0.2, 0) is 6.54 Å². The molecule has 2 heterocycles. The number of nitrogens with zero attached hydrogens (tertiary/aromatic N) is 4. The first kappa shape index (κ1) is 21.3. The number of halogens is 3. The van der Waals surface area contributed by atoms with E-state index in [1.54, 1.807) is 19.5 Å². The lowest BCUT2D eigenvalue weighted by atomic mass is 10.2. The van der Waals surface area contributed by atoms with Gasteiger partial charge < -0.3 is 21.5 Å². The zero-order valence-corrected chi connectivity index (χ0v) is 18.9. The predicted octanol–water partition coefficient (Wildman–Crippen LogP) is 4.03. The average Bonchev–Trinajstić information content (AvgIpc) is 2.66. The van der Waals surface area contributed by atoms with Crippen LogP contribution >= 0.6 is 47.8 Å². The normalized spacial score (nSPS) is 9.93. The molecular weight excluding hydrogens is 546 g/mol. The van der Waals surface area contributed by atoms with Gasteiger partial charge in [0.25, 0.3) is 0 Å². The van der Waals surface area contributed by atoms with Crippen molar-refractivity contribution >= 4 is 65.2 Å². The van der Waals surface area contributed by atoms with Gasteiger partial charge in [-0.25, -0.2) is 19.9 Å². The molecule has 0 unspecified atom stereocenters. The Balaban J connectivity index is 0.000000244. The predicted molar refractivity (Wildman–Crippen MR) is 116 cm³/mol. The second-order valence-electron chi connectivity index (χ2n) is 4.96. The van der Waals surface area contributed by atoms with E-state index in [1.807, 2.05) is 24.3 Å². The Morgan fingerprint density at radius 2 is 1.59 bits per heavy atom. The Bertz CT molecular complexity index is 911. The highest BCUT2D eigenvalue weighted by molar-refractivity contribution is 9.11. The molecule has 0 radical (unpaired) electrons. The van der Waals surface area contributed by atoms with Crippen LogP contribution in [0.1, 0.15) is 5.56 Å². The molecule has 142 valence electrons. The van der Waals surface area contributed by atoms with Crippen LogP contribution in [0.3, 0.4) is 0 Å². The Hall–Kier alpha value is -1.98. The summed E-state index contributed by atoms with van der Waals surface area (Å²) < 4.78 is 7.15. The largest absolute Gasteiger partial charge is 0.496 e. The molecule has 2 aromatic heterocycles. The van der Waals surface area contributed by atoms with Crippen LogP contribution in [0.4, 0.5) is 17.5 Å². The van der Waals surface area contributed by atoms with E-state index in [0.29, 0.717) is 37.8 Å². The van der Waals surface area contributed by atoms with Gasteiger partial charge >= 0.3 is 0 Å². The quantitative estimate of drug-likeness (QED) is 0.436. The van der Waals surface area contributed by atoms with Crippen LogP contribution in [0.2, 0.25) is 0 Å². The number of hydrogen-bond acceptors (Lipinski definition) is 8. The molecule has 11 heteroatoms. The lowest BCUT2D eigenvalue weighted by Gasteiger charge is -2.10. The summed E-state index contributed by atoms with van der Waals surface area (Å²) in [6, 6.07) is 7.77. The molecule has 0 bridgehead atoms. The molecular formula is C16H16Br3N7O. The van der Waals surface area contributed by atoms with Crippen molar-refractivity contribution in [2.75, 3.05) is 23.9 Å². The fourth-order valence-electron chi connectivity index (χ4n) is 1.89. The minimum Gasteiger partial charge on any atom is -0.496 e. The van der Waals surface area contributed by atoms with Gasteiger partial charge in [-0.3, -0.25) is 0 Å². The summed E-state index contributed by atoms with van der Waals surface area (Å²) in [5, 5.41) is 3.14. The van der Waals surface area contributed by atoms with E-state index in [0.717, 1.165) is 11.3 Å². The van der Waals surface area contributed by atoms with Crippen molar-refractivity contribution in [3.63, 3.8) is 0 Å². The maximum absolute atomic E-state index is 5.74. The second-order valence-corrected chi connectivity index (χ2v) is 7.34. The zero-order valence-electron chi connectivity index (χ0n) is 14.2. The highest BCUT2D eigenvalue weighted by atomic mass is 79.9. The molecule has 0 aliphatic rings.